The Labute approximate surface area is 134 Å². The minimum absolute atomic E-state index is 0.0236. The molecule has 0 unspecified atom stereocenters. The Bertz CT molecular complexity index is 747. The van der Waals surface area contributed by atoms with Gasteiger partial charge in [0.25, 0.3) is 5.56 Å². The number of halogens is 3. The van der Waals surface area contributed by atoms with Gasteiger partial charge in [-0.05, 0) is 19.8 Å². The van der Waals surface area contributed by atoms with Gasteiger partial charge in [-0.1, -0.05) is 0 Å². The molecule has 1 aliphatic rings. The first-order valence-electron chi connectivity index (χ1n) is 7.18. The van der Waals surface area contributed by atoms with Crippen molar-refractivity contribution in [3.05, 3.63) is 38.3 Å². The lowest BCUT2D eigenvalue weighted by atomic mass is 9.97. The summed E-state index contributed by atoms with van der Waals surface area (Å²) in [4.78, 5) is 24.1. The summed E-state index contributed by atoms with van der Waals surface area (Å²) in [5, 5.41) is 1.61. The predicted octanol–water partition coefficient (Wildman–Crippen LogP) is 2.94. The maximum absolute atomic E-state index is 12.6. The van der Waals surface area contributed by atoms with E-state index in [1.807, 2.05) is 4.90 Å². The van der Waals surface area contributed by atoms with Crippen LogP contribution in [-0.4, -0.2) is 28.0 Å². The molecule has 1 aliphatic heterocycles. The molecule has 1 fully saturated rings. The van der Waals surface area contributed by atoms with Gasteiger partial charge in [-0.25, -0.2) is 9.97 Å². The number of rotatable bonds is 2. The first kappa shape index (κ1) is 16.0. The average molecular weight is 344 g/mol. The van der Waals surface area contributed by atoms with Crippen molar-refractivity contribution >= 4 is 17.2 Å². The van der Waals surface area contributed by atoms with Crippen LogP contribution in [0.25, 0.3) is 0 Å². The van der Waals surface area contributed by atoms with Crippen LogP contribution in [0.15, 0.2) is 16.2 Å². The van der Waals surface area contributed by atoms with E-state index in [2.05, 4.69) is 15.0 Å². The van der Waals surface area contributed by atoms with Crippen LogP contribution in [0.1, 0.15) is 35.3 Å². The number of anilines is 1. The number of H-pyrrole nitrogens is 1. The van der Waals surface area contributed by atoms with E-state index in [4.69, 9.17) is 0 Å². The summed E-state index contributed by atoms with van der Waals surface area (Å²) in [5.74, 6) is 1.18. The van der Waals surface area contributed by atoms with Gasteiger partial charge in [0.1, 0.15) is 11.6 Å². The smallest absolute Gasteiger partial charge is 0.356 e. The molecule has 9 heteroatoms. The minimum atomic E-state index is -4.39. The monoisotopic (exact) mass is 344 g/mol. The van der Waals surface area contributed by atoms with Crippen molar-refractivity contribution in [1.29, 1.82) is 0 Å². The topological polar surface area (TPSA) is 61.9 Å². The standard InChI is InChI=1S/C14H15F3N4OS/c1-8-18-11(6-12(22)19-8)21-4-2-9(3-5-21)13-20-10(7-23-13)14(15,16)17/h6-7,9H,2-5H2,1H3,(H,18,19,22). The molecular formula is C14H15F3N4OS. The molecule has 1 saturated heterocycles. The second-order valence-corrected chi connectivity index (χ2v) is 6.41. The third-order valence-electron chi connectivity index (χ3n) is 3.83. The van der Waals surface area contributed by atoms with Crippen LogP contribution >= 0.6 is 11.3 Å². The first-order valence-corrected chi connectivity index (χ1v) is 8.06. The molecule has 0 bridgehead atoms. The number of hydrogen-bond donors (Lipinski definition) is 1. The molecule has 0 aliphatic carbocycles. The molecule has 124 valence electrons. The summed E-state index contributed by atoms with van der Waals surface area (Å²) in [5.41, 5.74) is -1.02. The molecule has 0 saturated carbocycles. The van der Waals surface area contributed by atoms with E-state index in [1.54, 1.807) is 6.92 Å². The third kappa shape index (κ3) is 3.54. The van der Waals surface area contributed by atoms with E-state index >= 15 is 0 Å². The van der Waals surface area contributed by atoms with Gasteiger partial charge in [0.05, 0.1) is 5.01 Å². The van der Waals surface area contributed by atoms with Crippen LogP contribution in [-0.2, 0) is 6.18 Å². The zero-order valence-corrected chi connectivity index (χ0v) is 13.2. The van der Waals surface area contributed by atoms with Crippen LogP contribution < -0.4 is 10.5 Å². The van der Waals surface area contributed by atoms with Crippen molar-refractivity contribution in [2.45, 2.75) is 31.9 Å². The Morgan fingerprint density at radius 1 is 1.30 bits per heavy atom. The third-order valence-corrected chi connectivity index (χ3v) is 4.83. The van der Waals surface area contributed by atoms with Crippen molar-refractivity contribution < 1.29 is 13.2 Å². The maximum Gasteiger partial charge on any atom is 0.434 e. The van der Waals surface area contributed by atoms with Crippen molar-refractivity contribution in [2.24, 2.45) is 0 Å². The van der Waals surface area contributed by atoms with Crippen molar-refractivity contribution in [2.75, 3.05) is 18.0 Å². The summed E-state index contributed by atoms with van der Waals surface area (Å²) >= 11 is 1.06. The van der Waals surface area contributed by atoms with Crippen LogP contribution in [0.5, 0.6) is 0 Å². The summed E-state index contributed by atoms with van der Waals surface area (Å²) < 4.78 is 37.9. The Kier molecular flexibility index (Phi) is 4.13. The van der Waals surface area contributed by atoms with Crippen molar-refractivity contribution in [1.82, 2.24) is 15.0 Å². The van der Waals surface area contributed by atoms with Gasteiger partial charge < -0.3 is 9.88 Å². The number of piperidine rings is 1. The molecule has 0 aromatic carbocycles. The van der Waals surface area contributed by atoms with E-state index < -0.39 is 11.9 Å². The number of nitrogens with zero attached hydrogens (tertiary/aromatic N) is 3. The second-order valence-electron chi connectivity index (χ2n) is 5.52. The van der Waals surface area contributed by atoms with E-state index in [0.29, 0.717) is 42.6 Å². The number of aromatic amines is 1. The molecule has 0 amide bonds. The zero-order chi connectivity index (χ0) is 16.6. The number of aromatic nitrogens is 3. The lowest BCUT2D eigenvalue weighted by Gasteiger charge is -2.31. The van der Waals surface area contributed by atoms with Crippen LogP contribution in [0, 0.1) is 6.92 Å². The summed E-state index contributed by atoms with van der Waals surface area (Å²) in [6.45, 7) is 2.99. The van der Waals surface area contributed by atoms with E-state index in [9.17, 15) is 18.0 Å². The predicted molar refractivity (Wildman–Crippen MR) is 80.9 cm³/mol. The van der Waals surface area contributed by atoms with Crippen molar-refractivity contribution in [3.8, 4) is 0 Å². The normalized spacial score (nSPS) is 16.8. The quantitative estimate of drug-likeness (QED) is 0.910. The molecule has 2 aromatic heterocycles. The zero-order valence-electron chi connectivity index (χ0n) is 12.4. The van der Waals surface area contributed by atoms with E-state index in [-0.39, 0.29) is 11.5 Å². The van der Waals surface area contributed by atoms with Gasteiger partial charge in [-0.15, -0.1) is 11.3 Å². The van der Waals surface area contributed by atoms with Gasteiger partial charge in [-0.2, -0.15) is 13.2 Å². The highest BCUT2D eigenvalue weighted by molar-refractivity contribution is 7.09. The average Bonchev–Trinajstić information content (AvgIpc) is 2.96. The van der Waals surface area contributed by atoms with E-state index in [1.165, 1.54) is 6.07 Å². The molecule has 1 N–H and O–H groups in total. The lowest BCUT2D eigenvalue weighted by Crippen LogP contribution is -2.34. The maximum atomic E-state index is 12.6. The van der Waals surface area contributed by atoms with Gasteiger partial charge >= 0.3 is 6.18 Å². The second kappa shape index (κ2) is 5.95. The van der Waals surface area contributed by atoms with Crippen molar-refractivity contribution in [3.63, 3.8) is 0 Å². The highest BCUT2D eigenvalue weighted by atomic mass is 32.1. The Morgan fingerprint density at radius 3 is 2.57 bits per heavy atom. The highest BCUT2D eigenvalue weighted by Crippen LogP contribution is 2.35. The molecule has 3 heterocycles. The molecule has 0 atom stereocenters. The van der Waals surface area contributed by atoms with E-state index in [0.717, 1.165) is 16.7 Å². The lowest BCUT2D eigenvalue weighted by molar-refractivity contribution is -0.140. The fraction of sp³-hybridized carbons (Fsp3) is 0.500. The molecule has 0 radical (unpaired) electrons. The molecular weight excluding hydrogens is 329 g/mol. The number of alkyl halides is 3. The fourth-order valence-electron chi connectivity index (χ4n) is 2.69. The Hall–Kier alpha value is -1.90. The number of thiazole rings is 1. The Balaban J connectivity index is 1.68. The van der Waals surface area contributed by atoms with Crippen LogP contribution in [0.2, 0.25) is 0 Å². The minimum Gasteiger partial charge on any atom is -0.356 e. The molecule has 2 aromatic rings. The number of hydrogen-bond acceptors (Lipinski definition) is 5. The fourth-order valence-corrected chi connectivity index (χ4v) is 3.68. The SMILES string of the molecule is Cc1nc(N2CCC(c3nc(C(F)(F)F)cs3)CC2)cc(=O)[nH]1. The number of nitrogens with one attached hydrogen (secondary N) is 1. The summed E-state index contributed by atoms with van der Waals surface area (Å²) in [7, 11) is 0. The van der Waals surface area contributed by atoms with Gasteiger partial charge in [-0.3, -0.25) is 4.79 Å². The van der Waals surface area contributed by atoms with Gasteiger partial charge in [0, 0.05) is 30.5 Å². The van der Waals surface area contributed by atoms with Crippen LogP contribution in [0.4, 0.5) is 19.0 Å². The summed E-state index contributed by atoms with van der Waals surface area (Å²) in [6, 6.07) is 1.44. The molecule has 23 heavy (non-hydrogen) atoms. The summed E-state index contributed by atoms with van der Waals surface area (Å²) in [6.07, 6.45) is -3.00. The molecule has 3 rings (SSSR count). The largest absolute Gasteiger partial charge is 0.434 e. The van der Waals surface area contributed by atoms with Gasteiger partial charge in [0.15, 0.2) is 5.69 Å². The highest BCUT2D eigenvalue weighted by Gasteiger charge is 2.35. The molecule has 0 spiro atoms. The number of aryl methyl sites for hydroxylation is 1. The molecule has 5 nitrogen and oxygen atoms in total. The first-order chi connectivity index (χ1) is 10.8. The Morgan fingerprint density at radius 2 is 2.00 bits per heavy atom. The van der Waals surface area contributed by atoms with Gasteiger partial charge in [0.2, 0.25) is 0 Å². The van der Waals surface area contributed by atoms with Crippen LogP contribution in [0.3, 0.4) is 0 Å².